The van der Waals surface area contributed by atoms with Crippen molar-refractivity contribution >= 4 is 11.0 Å². The van der Waals surface area contributed by atoms with Crippen LogP contribution in [0.25, 0.3) is 11.0 Å². The summed E-state index contributed by atoms with van der Waals surface area (Å²) in [4.78, 5) is 0. The third-order valence-corrected chi connectivity index (χ3v) is 2.15. The number of aryl methyl sites for hydroxylation is 1. The highest BCUT2D eigenvalue weighted by Crippen LogP contribution is 2.25. The number of hydrogen-bond acceptors (Lipinski definition) is 2. The first kappa shape index (κ1) is 7.88. The van der Waals surface area contributed by atoms with Crippen LogP contribution in [0, 0.1) is 11.3 Å². The second-order valence-corrected chi connectivity index (χ2v) is 2.87. The van der Waals surface area contributed by atoms with E-state index in [1.165, 1.54) is 0 Å². The van der Waals surface area contributed by atoms with E-state index in [4.69, 9.17) is 9.68 Å². The summed E-state index contributed by atoms with van der Waals surface area (Å²) in [5, 5.41) is 9.86. The Labute approximate surface area is 76.4 Å². The molecule has 2 aromatic rings. The predicted molar refractivity (Wildman–Crippen MR) is 50.3 cm³/mol. The minimum atomic E-state index is 0.448. The molecule has 0 aliphatic rings. The van der Waals surface area contributed by atoms with Crippen molar-refractivity contribution in [2.75, 3.05) is 0 Å². The topological polar surface area (TPSA) is 36.9 Å². The first-order valence-electron chi connectivity index (χ1n) is 4.27. The van der Waals surface area contributed by atoms with E-state index in [-0.39, 0.29) is 0 Å². The fourth-order valence-corrected chi connectivity index (χ4v) is 1.54. The summed E-state index contributed by atoms with van der Waals surface area (Å²) < 4.78 is 5.38. The second kappa shape index (κ2) is 2.95. The first-order valence-corrected chi connectivity index (χ1v) is 4.27. The molecular formula is C11H9NO. The van der Waals surface area contributed by atoms with E-state index >= 15 is 0 Å². The quantitative estimate of drug-likeness (QED) is 0.661. The van der Waals surface area contributed by atoms with Crippen molar-refractivity contribution in [2.24, 2.45) is 0 Å². The molecule has 2 heteroatoms. The third kappa shape index (κ3) is 1.09. The van der Waals surface area contributed by atoms with E-state index in [9.17, 15) is 0 Å². The minimum absolute atomic E-state index is 0.448. The van der Waals surface area contributed by atoms with Gasteiger partial charge in [0.05, 0.1) is 0 Å². The lowest BCUT2D eigenvalue weighted by Gasteiger charge is -1.89. The van der Waals surface area contributed by atoms with Crippen LogP contribution in [-0.2, 0) is 6.42 Å². The van der Waals surface area contributed by atoms with Gasteiger partial charge in [-0.15, -0.1) is 0 Å². The van der Waals surface area contributed by atoms with Gasteiger partial charge in [0.1, 0.15) is 11.7 Å². The molecule has 0 saturated carbocycles. The van der Waals surface area contributed by atoms with Gasteiger partial charge in [0.2, 0.25) is 5.76 Å². The normalized spacial score (nSPS) is 10.2. The van der Waals surface area contributed by atoms with Crippen molar-refractivity contribution in [3.8, 4) is 6.07 Å². The molecule has 2 rings (SSSR count). The molecule has 0 amide bonds. The molecule has 64 valence electrons. The van der Waals surface area contributed by atoms with Crippen LogP contribution in [0.3, 0.4) is 0 Å². The van der Waals surface area contributed by atoms with E-state index < -0.39 is 0 Å². The summed E-state index contributed by atoms with van der Waals surface area (Å²) in [6.07, 6.45) is 0.833. The molecule has 0 aliphatic heterocycles. The van der Waals surface area contributed by atoms with Gasteiger partial charge < -0.3 is 4.42 Å². The van der Waals surface area contributed by atoms with Crippen LogP contribution < -0.4 is 0 Å². The van der Waals surface area contributed by atoms with Crippen LogP contribution in [-0.4, -0.2) is 0 Å². The highest BCUT2D eigenvalue weighted by molar-refractivity contribution is 5.83. The number of fused-ring (bicyclic) bond motifs is 1. The molecule has 0 aliphatic carbocycles. The summed E-state index contributed by atoms with van der Waals surface area (Å²) >= 11 is 0. The fraction of sp³-hybridized carbons (Fsp3) is 0.182. The zero-order valence-corrected chi connectivity index (χ0v) is 7.37. The number of nitriles is 1. The Morgan fingerprint density at radius 1 is 1.38 bits per heavy atom. The smallest absolute Gasteiger partial charge is 0.207 e. The summed E-state index contributed by atoms with van der Waals surface area (Å²) in [6.45, 7) is 2.03. The number of nitrogens with zero attached hydrogens (tertiary/aromatic N) is 1. The fourth-order valence-electron chi connectivity index (χ4n) is 1.54. The average molecular weight is 171 g/mol. The molecule has 1 aromatic carbocycles. The maximum Gasteiger partial charge on any atom is 0.207 e. The minimum Gasteiger partial charge on any atom is -0.445 e. The SMILES string of the molecule is CCc1c(C#N)oc2ccccc12. The van der Waals surface area contributed by atoms with Gasteiger partial charge in [0, 0.05) is 10.9 Å². The van der Waals surface area contributed by atoms with Crippen molar-refractivity contribution in [2.45, 2.75) is 13.3 Å². The molecule has 13 heavy (non-hydrogen) atoms. The third-order valence-electron chi connectivity index (χ3n) is 2.15. The molecule has 0 fully saturated rings. The molecule has 0 unspecified atom stereocenters. The lowest BCUT2D eigenvalue weighted by atomic mass is 10.1. The average Bonchev–Trinajstić information content (AvgIpc) is 2.55. The molecule has 1 aromatic heterocycles. The van der Waals surface area contributed by atoms with Gasteiger partial charge in [-0.2, -0.15) is 5.26 Å². The Morgan fingerprint density at radius 2 is 2.15 bits per heavy atom. The van der Waals surface area contributed by atoms with Crippen LogP contribution in [0.1, 0.15) is 18.2 Å². The lowest BCUT2D eigenvalue weighted by Crippen LogP contribution is -1.79. The zero-order valence-electron chi connectivity index (χ0n) is 7.37. The molecule has 2 nitrogen and oxygen atoms in total. The molecular weight excluding hydrogens is 162 g/mol. The van der Waals surface area contributed by atoms with Crippen molar-refractivity contribution in [3.05, 3.63) is 35.6 Å². The number of hydrogen-bond donors (Lipinski definition) is 0. The van der Waals surface area contributed by atoms with Gasteiger partial charge in [0.15, 0.2) is 0 Å². The largest absolute Gasteiger partial charge is 0.445 e. The number of furan rings is 1. The molecule has 0 N–H and O–H groups in total. The monoisotopic (exact) mass is 171 g/mol. The maximum absolute atomic E-state index is 8.81. The van der Waals surface area contributed by atoms with E-state index in [0.29, 0.717) is 5.76 Å². The van der Waals surface area contributed by atoms with E-state index in [0.717, 1.165) is 23.0 Å². The zero-order chi connectivity index (χ0) is 9.26. The Morgan fingerprint density at radius 3 is 2.85 bits per heavy atom. The van der Waals surface area contributed by atoms with Crippen LogP contribution >= 0.6 is 0 Å². The maximum atomic E-state index is 8.81. The van der Waals surface area contributed by atoms with E-state index in [1.807, 2.05) is 31.2 Å². The summed E-state index contributed by atoms with van der Waals surface area (Å²) in [6, 6.07) is 9.80. The van der Waals surface area contributed by atoms with Gasteiger partial charge in [0.25, 0.3) is 0 Å². The number of benzene rings is 1. The van der Waals surface area contributed by atoms with Gasteiger partial charge >= 0.3 is 0 Å². The summed E-state index contributed by atoms with van der Waals surface area (Å²) in [5.41, 5.74) is 1.81. The van der Waals surface area contributed by atoms with Gasteiger partial charge in [-0.3, -0.25) is 0 Å². The van der Waals surface area contributed by atoms with Crippen molar-refractivity contribution < 1.29 is 4.42 Å². The number of para-hydroxylation sites is 1. The van der Waals surface area contributed by atoms with Gasteiger partial charge in [-0.25, -0.2) is 0 Å². The molecule has 0 spiro atoms. The second-order valence-electron chi connectivity index (χ2n) is 2.87. The van der Waals surface area contributed by atoms with Crippen molar-refractivity contribution in [1.29, 1.82) is 5.26 Å². The Hall–Kier alpha value is -1.75. The van der Waals surface area contributed by atoms with Crippen LogP contribution in [0.15, 0.2) is 28.7 Å². The summed E-state index contributed by atoms with van der Waals surface area (Å²) in [5.74, 6) is 0.448. The molecule has 0 atom stereocenters. The number of rotatable bonds is 1. The van der Waals surface area contributed by atoms with Crippen molar-refractivity contribution in [1.82, 2.24) is 0 Å². The predicted octanol–water partition coefficient (Wildman–Crippen LogP) is 2.87. The van der Waals surface area contributed by atoms with Gasteiger partial charge in [-0.1, -0.05) is 25.1 Å². The van der Waals surface area contributed by atoms with Gasteiger partial charge in [-0.05, 0) is 12.5 Å². The van der Waals surface area contributed by atoms with Crippen LogP contribution in [0.4, 0.5) is 0 Å². The van der Waals surface area contributed by atoms with Crippen molar-refractivity contribution in [3.63, 3.8) is 0 Å². The molecule has 0 bridgehead atoms. The standard InChI is InChI=1S/C11H9NO/c1-2-8-9-5-3-4-6-10(9)13-11(8)7-12/h3-6H,2H2,1H3. The van der Waals surface area contributed by atoms with E-state index in [2.05, 4.69) is 6.07 Å². The Balaban J connectivity index is 2.83. The Bertz CT molecular complexity index is 476. The Kier molecular flexibility index (Phi) is 1.79. The van der Waals surface area contributed by atoms with Crippen LogP contribution in [0.2, 0.25) is 0 Å². The highest BCUT2D eigenvalue weighted by atomic mass is 16.3. The summed E-state index contributed by atoms with van der Waals surface area (Å²) in [7, 11) is 0. The molecule has 0 radical (unpaired) electrons. The van der Waals surface area contributed by atoms with Crippen LogP contribution in [0.5, 0.6) is 0 Å². The molecule has 0 saturated heterocycles. The molecule has 1 heterocycles. The lowest BCUT2D eigenvalue weighted by molar-refractivity contribution is 0.594. The highest BCUT2D eigenvalue weighted by Gasteiger charge is 2.10. The van der Waals surface area contributed by atoms with E-state index in [1.54, 1.807) is 0 Å². The first-order chi connectivity index (χ1) is 6.36.